The average molecular weight is 330 g/mol. The molecule has 0 saturated heterocycles. The molecular weight excluding hydrogens is 310 g/mol. The van der Waals surface area contributed by atoms with Gasteiger partial charge in [0.2, 0.25) is 0 Å². The molecule has 0 aliphatic heterocycles. The molecule has 0 saturated carbocycles. The summed E-state index contributed by atoms with van der Waals surface area (Å²) < 4.78 is 5.52. The standard InChI is InChI=1S/C14H20BrNO3/c1-2-16(9-10-17)14(18)12-4-6-13(7-5-12)19-11-3-8-15/h4-7,17H,2-3,8-11H2,1H3. The highest BCUT2D eigenvalue weighted by Gasteiger charge is 2.13. The predicted octanol–water partition coefficient (Wildman–Crippen LogP) is 2.30. The van der Waals surface area contributed by atoms with Gasteiger partial charge in [-0.1, -0.05) is 15.9 Å². The number of hydrogen-bond donors (Lipinski definition) is 1. The van der Waals surface area contributed by atoms with Crippen LogP contribution in [-0.2, 0) is 0 Å². The van der Waals surface area contributed by atoms with Crippen molar-refractivity contribution in [2.45, 2.75) is 13.3 Å². The van der Waals surface area contributed by atoms with E-state index in [9.17, 15) is 4.79 Å². The Bertz CT molecular complexity index is 381. The minimum absolute atomic E-state index is 0.0205. The molecule has 0 spiro atoms. The summed E-state index contributed by atoms with van der Waals surface area (Å²) in [5.41, 5.74) is 0.614. The van der Waals surface area contributed by atoms with Crippen molar-refractivity contribution in [1.29, 1.82) is 0 Å². The van der Waals surface area contributed by atoms with Crippen molar-refractivity contribution in [3.05, 3.63) is 29.8 Å². The molecule has 0 atom stereocenters. The van der Waals surface area contributed by atoms with Gasteiger partial charge in [0.25, 0.3) is 5.91 Å². The number of carbonyl (C=O) groups is 1. The third-order valence-corrected chi connectivity index (χ3v) is 3.25. The molecule has 4 nitrogen and oxygen atoms in total. The maximum atomic E-state index is 12.1. The van der Waals surface area contributed by atoms with Crippen LogP contribution in [0, 0.1) is 0 Å². The van der Waals surface area contributed by atoms with Crippen molar-refractivity contribution in [1.82, 2.24) is 4.90 Å². The number of halogens is 1. The molecule has 0 heterocycles. The van der Waals surface area contributed by atoms with Gasteiger partial charge in [-0.25, -0.2) is 0 Å². The molecule has 0 bridgehead atoms. The maximum absolute atomic E-state index is 12.1. The van der Waals surface area contributed by atoms with E-state index >= 15 is 0 Å². The lowest BCUT2D eigenvalue weighted by Gasteiger charge is -2.19. The second kappa shape index (κ2) is 8.93. The van der Waals surface area contributed by atoms with Crippen molar-refractivity contribution >= 4 is 21.8 Å². The largest absolute Gasteiger partial charge is 0.494 e. The number of nitrogens with zero attached hydrogens (tertiary/aromatic N) is 1. The van der Waals surface area contributed by atoms with Gasteiger partial charge in [-0.05, 0) is 37.6 Å². The Morgan fingerprint density at radius 1 is 1.37 bits per heavy atom. The monoisotopic (exact) mass is 329 g/mol. The fraction of sp³-hybridized carbons (Fsp3) is 0.500. The first kappa shape index (κ1) is 16.0. The van der Waals surface area contributed by atoms with Gasteiger partial charge in [0.1, 0.15) is 5.75 Å². The number of alkyl halides is 1. The van der Waals surface area contributed by atoms with Gasteiger partial charge < -0.3 is 14.7 Å². The van der Waals surface area contributed by atoms with Gasteiger partial charge in [-0.3, -0.25) is 4.79 Å². The summed E-state index contributed by atoms with van der Waals surface area (Å²) >= 11 is 3.34. The maximum Gasteiger partial charge on any atom is 0.253 e. The van der Waals surface area contributed by atoms with Crippen molar-refractivity contribution in [2.24, 2.45) is 0 Å². The molecule has 1 aromatic carbocycles. The van der Waals surface area contributed by atoms with Crippen LogP contribution in [0.4, 0.5) is 0 Å². The number of carbonyl (C=O) groups excluding carboxylic acids is 1. The second-order valence-electron chi connectivity index (χ2n) is 4.02. The Morgan fingerprint density at radius 2 is 2.05 bits per heavy atom. The van der Waals surface area contributed by atoms with E-state index in [2.05, 4.69) is 15.9 Å². The Balaban J connectivity index is 2.61. The molecule has 1 aromatic rings. The number of hydrogen-bond acceptors (Lipinski definition) is 3. The van der Waals surface area contributed by atoms with Gasteiger partial charge >= 0.3 is 0 Å². The highest BCUT2D eigenvalue weighted by atomic mass is 79.9. The van der Waals surface area contributed by atoms with Crippen LogP contribution in [0.2, 0.25) is 0 Å². The van der Waals surface area contributed by atoms with Crippen molar-refractivity contribution in [2.75, 3.05) is 31.6 Å². The number of likely N-dealkylation sites (N-methyl/N-ethyl adjacent to an activating group) is 1. The zero-order valence-corrected chi connectivity index (χ0v) is 12.7. The molecule has 0 fully saturated rings. The van der Waals surface area contributed by atoms with Crippen LogP contribution in [0.25, 0.3) is 0 Å². The van der Waals surface area contributed by atoms with Crippen LogP contribution in [0.3, 0.4) is 0 Å². The molecule has 1 amide bonds. The Morgan fingerprint density at radius 3 is 2.58 bits per heavy atom. The zero-order chi connectivity index (χ0) is 14.1. The van der Waals surface area contributed by atoms with Gasteiger partial charge in [0.05, 0.1) is 13.2 Å². The molecule has 0 aliphatic rings. The predicted molar refractivity (Wildman–Crippen MR) is 79.0 cm³/mol. The van der Waals surface area contributed by atoms with Crippen LogP contribution in [0.5, 0.6) is 5.75 Å². The molecule has 1 rings (SSSR count). The molecule has 0 aliphatic carbocycles. The van der Waals surface area contributed by atoms with Gasteiger partial charge in [0.15, 0.2) is 0 Å². The van der Waals surface area contributed by atoms with E-state index in [0.717, 1.165) is 17.5 Å². The summed E-state index contributed by atoms with van der Waals surface area (Å²) in [5, 5.41) is 9.82. The summed E-state index contributed by atoms with van der Waals surface area (Å²) in [6, 6.07) is 7.11. The summed E-state index contributed by atoms with van der Waals surface area (Å²) in [5.74, 6) is 0.700. The Hall–Kier alpha value is -1.07. The van der Waals surface area contributed by atoms with Crippen molar-refractivity contribution in [3.8, 4) is 5.75 Å². The second-order valence-corrected chi connectivity index (χ2v) is 4.82. The molecule has 5 heteroatoms. The first-order valence-electron chi connectivity index (χ1n) is 6.41. The van der Waals surface area contributed by atoms with E-state index in [1.807, 2.05) is 6.92 Å². The van der Waals surface area contributed by atoms with E-state index < -0.39 is 0 Å². The van der Waals surface area contributed by atoms with E-state index in [4.69, 9.17) is 9.84 Å². The summed E-state index contributed by atoms with van der Waals surface area (Å²) in [7, 11) is 0. The summed E-state index contributed by atoms with van der Waals surface area (Å²) in [6.45, 7) is 3.48. The Labute approximate surface area is 122 Å². The molecule has 19 heavy (non-hydrogen) atoms. The van der Waals surface area contributed by atoms with Crippen LogP contribution in [-0.4, -0.2) is 47.5 Å². The van der Waals surface area contributed by atoms with Crippen molar-refractivity contribution in [3.63, 3.8) is 0 Å². The lowest BCUT2D eigenvalue weighted by atomic mass is 10.2. The number of ether oxygens (including phenoxy) is 1. The summed E-state index contributed by atoms with van der Waals surface area (Å²) in [6.07, 6.45) is 0.945. The number of benzene rings is 1. The van der Waals surface area contributed by atoms with Crippen LogP contribution >= 0.6 is 15.9 Å². The minimum atomic E-state index is -0.0661. The highest BCUT2D eigenvalue weighted by molar-refractivity contribution is 9.09. The molecule has 0 unspecified atom stereocenters. The quantitative estimate of drug-likeness (QED) is 0.588. The number of aliphatic hydroxyl groups is 1. The fourth-order valence-electron chi connectivity index (χ4n) is 1.64. The van der Waals surface area contributed by atoms with E-state index in [-0.39, 0.29) is 12.5 Å². The van der Waals surface area contributed by atoms with E-state index in [0.29, 0.717) is 25.3 Å². The third kappa shape index (κ3) is 5.20. The van der Waals surface area contributed by atoms with Crippen molar-refractivity contribution < 1.29 is 14.6 Å². The molecule has 106 valence electrons. The number of aliphatic hydroxyl groups excluding tert-OH is 1. The van der Waals surface area contributed by atoms with E-state index in [1.54, 1.807) is 29.2 Å². The SMILES string of the molecule is CCN(CCO)C(=O)c1ccc(OCCCBr)cc1. The zero-order valence-electron chi connectivity index (χ0n) is 11.1. The molecule has 0 aromatic heterocycles. The molecule has 0 radical (unpaired) electrons. The van der Waals surface area contributed by atoms with Crippen LogP contribution in [0.1, 0.15) is 23.7 Å². The first-order chi connectivity index (χ1) is 9.22. The molecular formula is C14H20BrNO3. The topological polar surface area (TPSA) is 49.8 Å². The lowest BCUT2D eigenvalue weighted by molar-refractivity contribution is 0.0732. The Kier molecular flexibility index (Phi) is 7.52. The minimum Gasteiger partial charge on any atom is -0.494 e. The van der Waals surface area contributed by atoms with Crippen LogP contribution in [0.15, 0.2) is 24.3 Å². The lowest BCUT2D eigenvalue weighted by Crippen LogP contribution is -2.33. The summed E-state index contributed by atoms with van der Waals surface area (Å²) in [4.78, 5) is 13.7. The van der Waals surface area contributed by atoms with Gasteiger partial charge in [0, 0.05) is 24.0 Å². The van der Waals surface area contributed by atoms with Gasteiger partial charge in [-0.2, -0.15) is 0 Å². The van der Waals surface area contributed by atoms with E-state index in [1.165, 1.54) is 0 Å². The van der Waals surface area contributed by atoms with Gasteiger partial charge in [-0.15, -0.1) is 0 Å². The number of amides is 1. The van der Waals surface area contributed by atoms with Crippen LogP contribution < -0.4 is 4.74 Å². The first-order valence-corrected chi connectivity index (χ1v) is 7.54. The smallest absolute Gasteiger partial charge is 0.253 e. The fourth-order valence-corrected chi connectivity index (χ4v) is 1.87. The molecule has 1 N–H and O–H groups in total. The number of rotatable bonds is 8. The average Bonchev–Trinajstić information content (AvgIpc) is 2.45. The highest BCUT2D eigenvalue weighted by Crippen LogP contribution is 2.14. The normalized spacial score (nSPS) is 10.3. The third-order valence-electron chi connectivity index (χ3n) is 2.69.